The van der Waals surface area contributed by atoms with Crippen LogP contribution in [0, 0.1) is 0 Å². The molecule has 0 fully saturated rings. The van der Waals surface area contributed by atoms with Crippen molar-refractivity contribution in [1.29, 1.82) is 0 Å². The largest absolute Gasteiger partial charge is 0.492 e. The lowest BCUT2D eigenvalue weighted by Gasteiger charge is -2.07. The molecule has 0 bridgehead atoms. The molecule has 3 rings (SSSR count). The van der Waals surface area contributed by atoms with Gasteiger partial charge in [0, 0.05) is 28.6 Å². The van der Waals surface area contributed by atoms with Crippen LogP contribution in [0.15, 0.2) is 28.1 Å². The Balaban J connectivity index is 2.24. The maximum atomic E-state index is 5.77. The van der Waals surface area contributed by atoms with E-state index in [2.05, 4.69) is 22.0 Å². The second-order valence-corrected chi connectivity index (χ2v) is 6.19. The average Bonchev–Trinajstić information content (AvgIpc) is 2.52. The Morgan fingerprint density at radius 2 is 2.19 bits per heavy atom. The van der Waals surface area contributed by atoms with Gasteiger partial charge in [0.2, 0.25) is 0 Å². The summed E-state index contributed by atoms with van der Waals surface area (Å²) in [6, 6.07) is 8.04. The maximum absolute atomic E-state index is 5.77. The van der Waals surface area contributed by atoms with Gasteiger partial charge in [-0.15, -0.1) is 11.3 Å². The van der Waals surface area contributed by atoms with Gasteiger partial charge in [-0.2, -0.15) is 0 Å². The topological polar surface area (TPSA) is 35.2 Å². The molecule has 0 amide bonds. The van der Waals surface area contributed by atoms with E-state index in [0.717, 1.165) is 23.4 Å². The first kappa shape index (κ1) is 10.2. The molecular weight excluding hydrogens is 286 g/mol. The van der Waals surface area contributed by atoms with Gasteiger partial charge in [-0.1, -0.05) is 0 Å². The molecule has 0 unspecified atom stereocenters. The fourth-order valence-electron chi connectivity index (χ4n) is 1.93. The fourth-order valence-corrected chi connectivity index (χ4v) is 3.65. The highest BCUT2D eigenvalue weighted by molar-refractivity contribution is 9.11. The number of nitrogens with two attached hydrogens (primary N) is 1. The zero-order valence-electron chi connectivity index (χ0n) is 8.50. The van der Waals surface area contributed by atoms with E-state index in [-0.39, 0.29) is 0 Å². The van der Waals surface area contributed by atoms with Gasteiger partial charge in [-0.25, -0.2) is 0 Å². The molecule has 2 heterocycles. The van der Waals surface area contributed by atoms with Crippen molar-refractivity contribution in [2.75, 3.05) is 12.3 Å². The summed E-state index contributed by atoms with van der Waals surface area (Å²) in [5.74, 6) is 0.896. The van der Waals surface area contributed by atoms with E-state index in [1.165, 1.54) is 14.2 Å². The lowest BCUT2D eigenvalue weighted by atomic mass is 10.1. The summed E-state index contributed by atoms with van der Waals surface area (Å²) in [6.45, 7) is 0.715. The number of hydrogen-bond acceptors (Lipinski definition) is 3. The van der Waals surface area contributed by atoms with Crippen molar-refractivity contribution in [3.63, 3.8) is 0 Å². The maximum Gasteiger partial charge on any atom is 0.130 e. The quantitative estimate of drug-likeness (QED) is 0.752. The lowest BCUT2D eigenvalue weighted by molar-refractivity contribution is 0.326. The van der Waals surface area contributed by atoms with Crippen LogP contribution in [0.1, 0.15) is 5.56 Å². The minimum atomic E-state index is 0.715. The number of halogens is 1. The number of nitrogen functional groups attached to an aromatic ring is 1. The normalized spacial score (nSPS) is 13.6. The van der Waals surface area contributed by atoms with E-state index in [0.29, 0.717) is 6.61 Å². The van der Waals surface area contributed by atoms with Crippen molar-refractivity contribution in [2.24, 2.45) is 0 Å². The van der Waals surface area contributed by atoms with Crippen LogP contribution in [0.5, 0.6) is 5.75 Å². The van der Waals surface area contributed by atoms with Crippen LogP contribution in [0.4, 0.5) is 5.69 Å². The number of fused-ring (bicyclic) bond motifs is 3. The van der Waals surface area contributed by atoms with Gasteiger partial charge in [0.1, 0.15) is 5.75 Å². The molecule has 1 aliphatic heterocycles. The molecule has 2 aromatic rings. The summed E-state index contributed by atoms with van der Waals surface area (Å²) >= 11 is 5.29. The highest BCUT2D eigenvalue weighted by Gasteiger charge is 2.18. The van der Waals surface area contributed by atoms with Gasteiger partial charge in [0.25, 0.3) is 0 Å². The van der Waals surface area contributed by atoms with Crippen LogP contribution >= 0.6 is 27.3 Å². The molecule has 2 N–H and O–H groups in total. The zero-order valence-corrected chi connectivity index (χ0v) is 10.9. The Labute approximate surface area is 106 Å². The summed E-state index contributed by atoms with van der Waals surface area (Å²) in [5.41, 5.74) is 9.02. The molecule has 0 aliphatic carbocycles. The van der Waals surface area contributed by atoms with Crippen LogP contribution in [0.2, 0.25) is 0 Å². The van der Waals surface area contributed by atoms with Crippen molar-refractivity contribution < 1.29 is 4.74 Å². The molecule has 0 atom stereocenters. The highest BCUT2D eigenvalue weighted by Crippen LogP contribution is 2.42. The molecule has 0 saturated heterocycles. The first-order chi connectivity index (χ1) is 7.74. The molecule has 82 valence electrons. The number of hydrogen-bond donors (Lipinski definition) is 1. The molecule has 0 radical (unpaired) electrons. The van der Waals surface area contributed by atoms with Crippen molar-refractivity contribution in [3.05, 3.63) is 33.6 Å². The van der Waals surface area contributed by atoms with Crippen LogP contribution in [-0.2, 0) is 6.42 Å². The standard InChI is InChI=1S/C12H10BrNOS/c13-11-5-7-3-4-15-10-6-8(14)1-2-9(10)12(7)16-11/h1-2,5-6H,3-4,14H2. The Bertz CT molecular complexity index is 550. The third-order valence-corrected chi connectivity index (χ3v) is 4.37. The summed E-state index contributed by atoms with van der Waals surface area (Å²) < 4.78 is 6.89. The predicted octanol–water partition coefficient (Wildman–Crippen LogP) is 3.69. The molecule has 0 saturated carbocycles. The molecule has 1 aliphatic rings. The Morgan fingerprint density at radius 1 is 1.31 bits per heavy atom. The molecule has 4 heteroatoms. The van der Waals surface area contributed by atoms with E-state index in [9.17, 15) is 0 Å². The number of benzene rings is 1. The summed E-state index contributed by atoms with van der Waals surface area (Å²) in [4.78, 5) is 1.29. The fraction of sp³-hybridized carbons (Fsp3) is 0.167. The van der Waals surface area contributed by atoms with E-state index < -0.39 is 0 Å². The third-order valence-electron chi connectivity index (χ3n) is 2.66. The van der Waals surface area contributed by atoms with Gasteiger partial charge in [-0.05, 0) is 39.7 Å². The number of rotatable bonds is 0. The first-order valence-corrected chi connectivity index (χ1v) is 6.66. The third kappa shape index (κ3) is 1.62. The summed E-state index contributed by atoms with van der Waals surface area (Å²) in [5, 5.41) is 0. The van der Waals surface area contributed by atoms with Gasteiger partial charge in [-0.3, -0.25) is 0 Å². The molecule has 16 heavy (non-hydrogen) atoms. The van der Waals surface area contributed by atoms with Crippen LogP contribution in [0.25, 0.3) is 10.4 Å². The predicted molar refractivity (Wildman–Crippen MR) is 71.1 cm³/mol. The van der Waals surface area contributed by atoms with Crippen molar-refractivity contribution in [2.45, 2.75) is 6.42 Å². The summed E-state index contributed by atoms with van der Waals surface area (Å²) in [6.07, 6.45) is 0.950. The number of ether oxygens (including phenoxy) is 1. The van der Waals surface area contributed by atoms with Gasteiger partial charge < -0.3 is 10.5 Å². The van der Waals surface area contributed by atoms with E-state index in [1.807, 2.05) is 18.2 Å². The van der Waals surface area contributed by atoms with Crippen LogP contribution in [0.3, 0.4) is 0 Å². The second-order valence-electron chi connectivity index (χ2n) is 3.76. The highest BCUT2D eigenvalue weighted by atomic mass is 79.9. The van der Waals surface area contributed by atoms with E-state index >= 15 is 0 Å². The SMILES string of the molecule is Nc1ccc2c(c1)OCCc1cc(Br)sc1-2. The van der Waals surface area contributed by atoms with Gasteiger partial charge in [0.05, 0.1) is 10.4 Å². The average molecular weight is 296 g/mol. The van der Waals surface area contributed by atoms with Gasteiger partial charge in [0.15, 0.2) is 0 Å². The van der Waals surface area contributed by atoms with E-state index in [1.54, 1.807) is 11.3 Å². The van der Waals surface area contributed by atoms with Crippen LogP contribution < -0.4 is 10.5 Å². The molecular formula is C12H10BrNOS. The number of thiophene rings is 1. The molecule has 1 aromatic heterocycles. The monoisotopic (exact) mass is 295 g/mol. The Morgan fingerprint density at radius 3 is 3.06 bits per heavy atom. The lowest BCUT2D eigenvalue weighted by Crippen LogP contribution is -1.98. The minimum absolute atomic E-state index is 0.715. The van der Waals surface area contributed by atoms with E-state index in [4.69, 9.17) is 10.5 Å². The smallest absolute Gasteiger partial charge is 0.130 e. The first-order valence-electron chi connectivity index (χ1n) is 5.05. The van der Waals surface area contributed by atoms with Crippen molar-refractivity contribution in [3.8, 4) is 16.2 Å². The van der Waals surface area contributed by atoms with Crippen molar-refractivity contribution in [1.82, 2.24) is 0 Å². The molecule has 2 nitrogen and oxygen atoms in total. The Kier molecular flexibility index (Phi) is 2.41. The molecule has 0 spiro atoms. The van der Waals surface area contributed by atoms with Crippen molar-refractivity contribution >= 4 is 33.0 Å². The second kappa shape index (κ2) is 3.79. The number of anilines is 1. The minimum Gasteiger partial charge on any atom is -0.492 e. The molecule has 1 aromatic carbocycles. The van der Waals surface area contributed by atoms with Crippen LogP contribution in [-0.4, -0.2) is 6.61 Å². The Hall–Kier alpha value is -1.000. The van der Waals surface area contributed by atoms with Gasteiger partial charge >= 0.3 is 0 Å². The summed E-state index contributed by atoms with van der Waals surface area (Å²) in [7, 11) is 0. The zero-order chi connectivity index (χ0) is 11.1.